The molecule has 3 aliphatic rings. The van der Waals surface area contributed by atoms with Gasteiger partial charge < -0.3 is 14.8 Å². The van der Waals surface area contributed by atoms with Gasteiger partial charge >= 0.3 is 0 Å². The van der Waals surface area contributed by atoms with Crippen molar-refractivity contribution in [3.05, 3.63) is 53.1 Å². The predicted octanol–water partition coefficient (Wildman–Crippen LogP) is 3.79. The molecule has 0 atom stereocenters. The zero-order chi connectivity index (χ0) is 24.6. The van der Waals surface area contributed by atoms with Gasteiger partial charge in [0.25, 0.3) is 0 Å². The van der Waals surface area contributed by atoms with Crippen LogP contribution in [0.25, 0.3) is 0 Å². The number of hydrogen-bond acceptors (Lipinski definition) is 5. The summed E-state index contributed by atoms with van der Waals surface area (Å²) in [7, 11) is -3.54. The Labute approximate surface area is 207 Å². The van der Waals surface area contributed by atoms with E-state index < -0.39 is 10.0 Å². The van der Waals surface area contributed by atoms with Crippen molar-refractivity contribution in [3.63, 3.8) is 0 Å². The minimum atomic E-state index is -3.54. The molecule has 0 unspecified atom stereocenters. The average Bonchev–Trinajstić information content (AvgIpc) is 3.35. The van der Waals surface area contributed by atoms with E-state index in [4.69, 9.17) is 9.47 Å². The molecule has 2 aromatic carbocycles. The summed E-state index contributed by atoms with van der Waals surface area (Å²) in [5, 5.41) is 3.10. The third kappa shape index (κ3) is 4.91. The number of nitrogens with zero attached hydrogens (tertiary/aromatic N) is 1. The quantitative estimate of drug-likeness (QED) is 0.655. The highest BCUT2D eigenvalue weighted by atomic mass is 32.2. The number of nitrogens with one attached hydrogen (secondary N) is 1. The number of carbonyl (C=O) groups excluding carboxylic acids is 1. The Morgan fingerprint density at radius 3 is 2.49 bits per heavy atom. The number of ether oxygens (including phenoxy) is 2. The highest BCUT2D eigenvalue weighted by molar-refractivity contribution is 7.89. The van der Waals surface area contributed by atoms with Crippen LogP contribution < -0.4 is 14.8 Å². The van der Waals surface area contributed by atoms with Crippen LogP contribution in [0.3, 0.4) is 0 Å². The molecule has 1 amide bonds. The van der Waals surface area contributed by atoms with E-state index in [9.17, 15) is 13.2 Å². The lowest BCUT2D eigenvalue weighted by molar-refractivity contribution is -0.126. The lowest BCUT2D eigenvalue weighted by Crippen LogP contribution is -2.45. The van der Waals surface area contributed by atoms with Gasteiger partial charge in [0.2, 0.25) is 22.7 Å². The summed E-state index contributed by atoms with van der Waals surface area (Å²) in [5.41, 5.74) is 3.21. The smallest absolute Gasteiger partial charge is 0.243 e. The zero-order valence-corrected chi connectivity index (χ0v) is 21.3. The second-order valence-corrected chi connectivity index (χ2v) is 12.4. The Hall–Kier alpha value is -2.58. The van der Waals surface area contributed by atoms with Crippen LogP contribution in [0.5, 0.6) is 11.5 Å². The topological polar surface area (TPSA) is 84.9 Å². The molecule has 0 aromatic heterocycles. The first kappa shape index (κ1) is 24.1. The highest BCUT2D eigenvalue weighted by Crippen LogP contribution is 2.36. The van der Waals surface area contributed by atoms with E-state index in [2.05, 4.69) is 19.2 Å². The highest BCUT2D eigenvalue weighted by Gasteiger charge is 2.33. The number of carbonyl (C=O) groups is 1. The molecule has 0 spiro atoms. The molecule has 1 saturated heterocycles. The number of fused-ring (bicyclic) bond motifs is 2. The number of aryl methyl sites for hydroxylation is 2. The number of benzene rings is 2. The summed E-state index contributed by atoms with van der Waals surface area (Å²) >= 11 is 0. The van der Waals surface area contributed by atoms with E-state index in [1.165, 1.54) is 16.3 Å². The van der Waals surface area contributed by atoms with Crippen molar-refractivity contribution in [3.8, 4) is 11.5 Å². The summed E-state index contributed by atoms with van der Waals surface area (Å²) < 4.78 is 38.9. The Balaban J connectivity index is 1.17. The molecule has 5 rings (SSSR count). The second-order valence-electron chi connectivity index (χ2n) is 10.5. The first-order valence-electron chi connectivity index (χ1n) is 12.5. The molecule has 35 heavy (non-hydrogen) atoms. The maximum atomic E-state index is 13.3. The lowest BCUT2D eigenvalue weighted by Gasteiger charge is -2.32. The number of amides is 1. The SMILES string of the molecule is CC(C)(CNC(=O)C1CCN(S(=O)(=O)c2ccc3c(c2)CCCC3)CC1)c1ccc2c(c1)OCO2. The molecule has 188 valence electrons. The van der Waals surface area contributed by atoms with E-state index in [1.54, 1.807) is 6.07 Å². The van der Waals surface area contributed by atoms with Gasteiger partial charge in [-0.3, -0.25) is 4.79 Å². The molecule has 0 saturated carbocycles. The van der Waals surface area contributed by atoms with Crippen molar-refractivity contribution in [2.45, 2.75) is 62.7 Å². The number of sulfonamides is 1. The van der Waals surface area contributed by atoms with Crippen molar-refractivity contribution >= 4 is 15.9 Å². The first-order valence-corrected chi connectivity index (χ1v) is 14.0. The first-order chi connectivity index (χ1) is 16.7. The summed E-state index contributed by atoms with van der Waals surface area (Å²) in [4.78, 5) is 13.3. The van der Waals surface area contributed by atoms with Gasteiger partial charge in [0.05, 0.1) is 4.90 Å². The maximum absolute atomic E-state index is 13.3. The minimum absolute atomic E-state index is 0.00959. The molecule has 2 aromatic rings. The van der Waals surface area contributed by atoms with Crippen LogP contribution in [0.2, 0.25) is 0 Å². The average molecular weight is 499 g/mol. The summed E-state index contributed by atoms with van der Waals surface area (Å²) in [6.45, 7) is 5.61. The Kier molecular flexibility index (Phi) is 6.53. The third-order valence-electron chi connectivity index (χ3n) is 7.64. The van der Waals surface area contributed by atoms with Crippen LogP contribution >= 0.6 is 0 Å². The second kappa shape index (κ2) is 9.47. The predicted molar refractivity (Wildman–Crippen MR) is 133 cm³/mol. The Morgan fingerprint density at radius 1 is 1.00 bits per heavy atom. The fourth-order valence-electron chi connectivity index (χ4n) is 5.25. The number of piperidine rings is 1. The van der Waals surface area contributed by atoms with Gasteiger partial charge in [0, 0.05) is 31.0 Å². The Morgan fingerprint density at radius 2 is 1.71 bits per heavy atom. The van der Waals surface area contributed by atoms with Crippen LogP contribution in [0.4, 0.5) is 0 Å². The molecular weight excluding hydrogens is 464 g/mol. The summed E-state index contributed by atoms with van der Waals surface area (Å²) in [5.74, 6) is 1.28. The minimum Gasteiger partial charge on any atom is -0.454 e. The van der Waals surface area contributed by atoms with Crippen LogP contribution in [0.15, 0.2) is 41.3 Å². The van der Waals surface area contributed by atoms with Crippen molar-refractivity contribution in [2.24, 2.45) is 5.92 Å². The molecule has 1 aliphatic carbocycles. The molecule has 7 nitrogen and oxygen atoms in total. The van der Waals surface area contributed by atoms with Crippen molar-refractivity contribution in [2.75, 3.05) is 26.4 Å². The van der Waals surface area contributed by atoms with Crippen LogP contribution in [0.1, 0.15) is 56.2 Å². The van der Waals surface area contributed by atoms with Crippen LogP contribution in [-0.2, 0) is 33.1 Å². The standard InChI is InChI=1S/C27H34N2O5S/c1-27(2,22-8-10-24-25(16-22)34-18-33-24)17-28-26(30)20-11-13-29(14-12-20)35(31,32)23-9-7-19-5-3-4-6-21(19)15-23/h7-10,15-16,20H,3-6,11-14,17-18H2,1-2H3,(H,28,30). The molecule has 2 heterocycles. The molecule has 8 heteroatoms. The zero-order valence-electron chi connectivity index (χ0n) is 20.5. The van der Waals surface area contributed by atoms with E-state index in [0.29, 0.717) is 37.4 Å². The lowest BCUT2D eigenvalue weighted by atomic mass is 9.84. The van der Waals surface area contributed by atoms with Crippen molar-refractivity contribution < 1.29 is 22.7 Å². The van der Waals surface area contributed by atoms with Crippen LogP contribution in [0, 0.1) is 5.92 Å². The van der Waals surface area contributed by atoms with Gasteiger partial charge in [0.1, 0.15) is 0 Å². The summed E-state index contributed by atoms with van der Waals surface area (Å²) in [6.07, 6.45) is 5.32. The van der Waals surface area contributed by atoms with Gasteiger partial charge in [-0.15, -0.1) is 0 Å². The number of rotatable bonds is 6. The van der Waals surface area contributed by atoms with E-state index in [-0.39, 0.29) is 24.0 Å². The van der Waals surface area contributed by atoms with E-state index >= 15 is 0 Å². The fraction of sp³-hybridized carbons (Fsp3) is 0.519. The molecule has 2 aliphatic heterocycles. The van der Waals surface area contributed by atoms with Crippen LogP contribution in [-0.4, -0.2) is 45.1 Å². The van der Waals surface area contributed by atoms with Gasteiger partial charge in [-0.25, -0.2) is 8.42 Å². The van der Waals surface area contributed by atoms with Gasteiger partial charge in [-0.1, -0.05) is 26.0 Å². The molecule has 0 bridgehead atoms. The van der Waals surface area contributed by atoms with E-state index in [1.807, 2.05) is 30.3 Å². The Bertz CT molecular complexity index is 1220. The molecule has 0 radical (unpaired) electrons. The molecular formula is C27H34N2O5S. The molecule has 1 fully saturated rings. The third-order valence-corrected chi connectivity index (χ3v) is 9.54. The summed E-state index contributed by atoms with van der Waals surface area (Å²) in [6, 6.07) is 11.5. The van der Waals surface area contributed by atoms with Gasteiger partial charge in [-0.2, -0.15) is 4.31 Å². The van der Waals surface area contributed by atoms with Gasteiger partial charge in [0.15, 0.2) is 11.5 Å². The number of hydrogen-bond donors (Lipinski definition) is 1. The normalized spacial score (nSPS) is 18.8. The van der Waals surface area contributed by atoms with Gasteiger partial charge in [-0.05, 0) is 79.5 Å². The van der Waals surface area contributed by atoms with Crippen molar-refractivity contribution in [1.82, 2.24) is 9.62 Å². The maximum Gasteiger partial charge on any atom is 0.243 e. The fourth-order valence-corrected chi connectivity index (χ4v) is 6.77. The van der Waals surface area contributed by atoms with E-state index in [0.717, 1.165) is 41.9 Å². The largest absolute Gasteiger partial charge is 0.454 e. The van der Waals surface area contributed by atoms with Crippen molar-refractivity contribution in [1.29, 1.82) is 0 Å². The molecule has 1 N–H and O–H groups in total. The monoisotopic (exact) mass is 498 g/mol.